The summed E-state index contributed by atoms with van der Waals surface area (Å²) in [5.74, 6) is 0.631. The fourth-order valence-corrected chi connectivity index (χ4v) is 3.20. The van der Waals surface area contributed by atoms with Gasteiger partial charge in [0.25, 0.3) is 5.91 Å². The van der Waals surface area contributed by atoms with Crippen LogP contribution in [-0.4, -0.2) is 24.1 Å². The number of halogens is 1. The average Bonchev–Trinajstić information content (AvgIpc) is 3.07. The number of nitrogens with one attached hydrogen (secondary N) is 1. The van der Waals surface area contributed by atoms with Crippen LogP contribution in [0.15, 0.2) is 52.0 Å². The Labute approximate surface area is 173 Å². The lowest BCUT2D eigenvalue weighted by Gasteiger charge is -2.07. The van der Waals surface area contributed by atoms with Crippen molar-refractivity contribution in [3.05, 3.63) is 69.9 Å². The lowest BCUT2D eigenvalue weighted by atomic mass is 10.1. The molecule has 0 aliphatic carbocycles. The van der Waals surface area contributed by atoms with Gasteiger partial charge in [0.05, 0.1) is 13.7 Å². The Balaban J connectivity index is 1.77. The standard InChI is InChI=1S/C21H21ClN4O3/c1-12-8-14(10-16(22)9-12)11-24-21(23)25-20(27)18-13(2)29-26-19(18)15-4-6-17(28-3)7-5-15/h4-10H,11H2,1-3H3,(H3,23,24,25,27). The Morgan fingerprint density at radius 1 is 1.24 bits per heavy atom. The summed E-state index contributed by atoms with van der Waals surface area (Å²) in [6.07, 6.45) is 0. The Morgan fingerprint density at radius 2 is 1.97 bits per heavy atom. The lowest BCUT2D eigenvalue weighted by molar-refractivity contribution is 0.0975. The molecule has 0 aliphatic heterocycles. The molecule has 0 fully saturated rings. The van der Waals surface area contributed by atoms with Crippen LogP contribution < -0.4 is 15.8 Å². The number of rotatable bonds is 5. The van der Waals surface area contributed by atoms with Crippen LogP contribution in [0.2, 0.25) is 5.02 Å². The smallest absolute Gasteiger partial charge is 0.263 e. The molecule has 1 heterocycles. The van der Waals surface area contributed by atoms with Gasteiger partial charge in [-0.1, -0.05) is 22.8 Å². The number of nitrogens with two attached hydrogens (primary N) is 1. The average molecular weight is 413 g/mol. The first-order valence-electron chi connectivity index (χ1n) is 8.85. The minimum atomic E-state index is -0.446. The van der Waals surface area contributed by atoms with Crippen molar-refractivity contribution in [1.29, 1.82) is 0 Å². The van der Waals surface area contributed by atoms with Crippen molar-refractivity contribution in [2.45, 2.75) is 20.4 Å². The number of guanidine groups is 1. The fourth-order valence-electron chi connectivity index (χ4n) is 2.88. The molecule has 0 saturated heterocycles. The predicted molar refractivity (Wildman–Crippen MR) is 112 cm³/mol. The summed E-state index contributed by atoms with van der Waals surface area (Å²) in [6.45, 7) is 3.90. The van der Waals surface area contributed by atoms with E-state index >= 15 is 0 Å². The van der Waals surface area contributed by atoms with E-state index < -0.39 is 5.91 Å². The maximum atomic E-state index is 12.8. The van der Waals surface area contributed by atoms with Crippen molar-refractivity contribution in [1.82, 2.24) is 10.5 Å². The van der Waals surface area contributed by atoms with Crippen molar-refractivity contribution >= 4 is 23.5 Å². The summed E-state index contributed by atoms with van der Waals surface area (Å²) in [4.78, 5) is 17.0. The van der Waals surface area contributed by atoms with Crippen LogP contribution in [0.25, 0.3) is 11.3 Å². The number of nitrogens with zero attached hydrogens (tertiary/aromatic N) is 2. The third-order valence-corrected chi connectivity index (χ3v) is 4.45. The zero-order chi connectivity index (χ0) is 21.0. The highest BCUT2D eigenvalue weighted by Gasteiger charge is 2.22. The first-order valence-corrected chi connectivity index (χ1v) is 9.23. The molecule has 150 valence electrons. The van der Waals surface area contributed by atoms with Gasteiger partial charge in [0.2, 0.25) is 0 Å². The van der Waals surface area contributed by atoms with Crippen molar-refractivity contribution in [3.8, 4) is 17.0 Å². The molecule has 1 aromatic heterocycles. The van der Waals surface area contributed by atoms with Gasteiger partial charge in [-0.05, 0) is 61.4 Å². The van der Waals surface area contributed by atoms with Gasteiger partial charge >= 0.3 is 0 Å². The van der Waals surface area contributed by atoms with Gasteiger partial charge in [-0.3, -0.25) is 10.1 Å². The molecule has 0 radical (unpaired) electrons. The van der Waals surface area contributed by atoms with E-state index in [4.69, 9.17) is 26.6 Å². The van der Waals surface area contributed by atoms with Crippen LogP contribution >= 0.6 is 11.6 Å². The SMILES string of the molecule is COc1ccc(-c2noc(C)c2C(=O)NC(N)=NCc2cc(C)cc(Cl)c2)cc1. The highest BCUT2D eigenvalue weighted by atomic mass is 35.5. The number of amides is 1. The number of hydrogen-bond donors (Lipinski definition) is 2. The largest absolute Gasteiger partial charge is 0.497 e. The molecule has 3 rings (SSSR count). The zero-order valence-electron chi connectivity index (χ0n) is 16.3. The van der Waals surface area contributed by atoms with Gasteiger partial charge < -0.3 is 15.0 Å². The van der Waals surface area contributed by atoms with E-state index in [-0.39, 0.29) is 5.96 Å². The maximum absolute atomic E-state index is 12.8. The monoisotopic (exact) mass is 412 g/mol. The van der Waals surface area contributed by atoms with Crippen molar-refractivity contribution in [3.63, 3.8) is 0 Å². The number of aliphatic imine (C=N–C) groups is 1. The van der Waals surface area contributed by atoms with Gasteiger partial charge in [0.15, 0.2) is 5.96 Å². The van der Waals surface area contributed by atoms with Crippen molar-refractivity contribution in [2.24, 2.45) is 10.7 Å². The minimum absolute atomic E-state index is 0.00564. The maximum Gasteiger partial charge on any atom is 0.263 e. The van der Waals surface area contributed by atoms with Gasteiger partial charge in [-0.15, -0.1) is 0 Å². The second kappa shape index (κ2) is 8.79. The van der Waals surface area contributed by atoms with Crippen LogP contribution in [0, 0.1) is 13.8 Å². The summed E-state index contributed by atoms with van der Waals surface area (Å²) in [6, 6.07) is 12.8. The Hall–Kier alpha value is -3.32. The second-order valence-electron chi connectivity index (χ2n) is 6.48. The summed E-state index contributed by atoms with van der Waals surface area (Å²) in [7, 11) is 1.58. The van der Waals surface area contributed by atoms with E-state index in [1.165, 1.54) is 0 Å². The molecule has 8 heteroatoms. The van der Waals surface area contributed by atoms with Crippen LogP contribution in [0.1, 0.15) is 27.2 Å². The number of carbonyl (C=O) groups is 1. The highest BCUT2D eigenvalue weighted by molar-refractivity contribution is 6.30. The fraction of sp³-hybridized carbons (Fsp3) is 0.190. The molecule has 0 saturated carbocycles. The normalized spacial score (nSPS) is 11.4. The second-order valence-corrected chi connectivity index (χ2v) is 6.92. The summed E-state index contributed by atoms with van der Waals surface area (Å²) in [5, 5.41) is 7.22. The van der Waals surface area contributed by atoms with E-state index in [1.807, 2.05) is 19.1 Å². The van der Waals surface area contributed by atoms with Crippen LogP contribution in [0.5, 0.6) is 5.75 Å². The van der Waals surface area contributed by atoms with Gasteiger partial charge in [-0.2, -0.15) is 0 Å². The van der Waals surface area contributed by atoms with E-state index in [1.54, 1.807) is 44.4 Å². The zero-order valence-corrected chi connectivity index (χ0v) is 17.1. The molecule has 0 bridgehead atoms. The van der Waals surface area contributed by atoms with E-state index in [9.17, 15) is 4.79 Å². The molecule has 7 nitrogen and oxygen atoms in total. The first kappa shape index (κ1) is 20.4. The molecular weight excluding hydrogens is 392 g/mol. The Kier molecular flexibility index (Phi) is 6.19. The lowest BCUT2D eigenvalue weighted by Crippen LogP contribution is -2.37. The molecule has 29 heavy (non-hydrogen) atoms. The van der Waals surface area contributed by atoms with Crippen molar-refractivity contribution < 1.29 is 14.1 Å². The third kappa shape index (κ3) is 4.94. The summed E-state index contributed by atoms with van der Waals surface area (Å²) >= 11 is 6.05. The van der Waals surface area contributed by atoms with Gasteiger partial charge in [0.1, 0.15) is 22.8 Å². The van der Waals surface area contributed by atoms with Crippen molar-refractivity contribution in [2.75, 3.05) is 7.11 Å². The van der Waals surface area contributed by atoms with Crippen LogP contribution in [0.4, 0.5) is 0 Å². The number of aryl methyl sites for hydroxylation is 2. The Bertz CT molecular complexity index is 1040. The molecule has 1 amide bonds. The van der Waals surface area contributed by atoms with E-state index in [0.29, 0.717) is 34.3 Å². The summed E-state index contributed by atoms with van der Waals surface area (Å²) in [5.41, 5.74) is 9.25. The van der Waals surface area contributed by atoms with Gasteiger partial charge in [0, 0.05) is 10.6 Å². The van der Waals surface area contributed by atoms with Crippen LogP contribution in [0.3, 0.4) is 0 Å². The first-order chi connectivity index (χ1) is 13.9. The predicted octanol–water partition coefficient (Wildman–Crippen LogP) is 3.87. The molecule has 0 spiro atoms. The summed E-state index contributed by atoms with van der Waals surface area (Å²) < 4.78 is 10.4. The number of methoxy groups -OCH3 is 1. The van der Waals surface area contributed by atoms with E-state index in [0.717, 1.165) is 16.7 Å². The molecule has 0 atom stereocenters. The highest BCUT2D eigenvalue weighted by Crippen LogP contribution is 2.27. The number of aromatic nitrogens is 1. The Morgan fingerprint density at radius 3 is 2.62 bits per heavy atom. The molecule has 3 N–H and O–H groups in total. The number of carbonyl (C=O) groups excluding carboxylic acids is 1. The quantitative estimate of drug-likeness (QED) is 0.489. The molecule has 0 aliphatic rings. The van der Waals surface area contributed by atoms with Gasteiger partial charge in [-0.25, -0.2) is 4.99 Å². The molecule has 0 unspecified atom stereocenters. The third-order valence-electron chi connectivity index (χ3n) is 4.23. The van der Waals surface area contributed by atoms with E-state index in [2.05, 4.69) is 15.5 Å². The number of benzene rings is 2. The topological polar surface area (TPSA) is 103 Å². The van der Waals surface area contributed by atoms with Crippen LogP contribution in [-0.2, 0) is 6.54 Å². The minimum Gasteiger partial charge on any atom is -0.497 e. The molecule has 2 aromatic carbocycles. The molecule has 3 aromatic rings. The molecular formula is C21H21ClN4O3. The number of ether oxygens (including phenoxy) is 1. The number of hydrogen-bond acceptors (Lipinski definition) is 5.